The SMILES string of the molecule is CC(=O)N(CCC(=O)Nc1ccc(C)c(Br)c1)C1CCCC1. The van der Waals surface area contributed by atoms with Gasteiger partial charge in [-0.1, -0.05) is 34.8 Å². The van der Waals surface area contributed by atoms with Gasteiger partial charge in [-0.3, -0.25) is 9.59 Å². The number of rotatable bonds is 5. The van der Waals surface area contributed by atoms with Crippen LogP contribution in [0.4, 0.5) is 5.69 Å². The van der Waals surface area contributed by atoms with Gasteiger partial charge in [-0.2, -0.15) is 0 Å². The summed E-state index contributed by atoms with van der Waals surface area (Å²) in [7, 11) is 0. The van der Waals surface area contributed by atoms with E-state index in [1.165, 1.54) is 12.8 Å². The van der Waals surface area contributed by atoms with Crippen molar-refractivity contribution in [3.05, 3.63) is 28.2 Å². The number of nitrogens with one attached hydrogen (secondary N) is 1. The van der Waals surface area contributed by atoms with Crippen LogP contribution in [0.2, 0.25) is 0 Å². The number of anilines is 1. The molecule has 4 nitrogen and oxygen atoms in total. The fourth-order valence-electron chi connectivity index (χ4n) is 2.93. The number of nitrogens with zero attached hydrogens (tertiary/aromatic N) is 1. The lowest BCUT2D eigenvalue weighted by atomic mass is 10.2. The van der Waals surface area contributed by atoms with Gasteiger partial charge >= 0.3 is 0 Å². The summed E-state index contributed by atoms with van der Waals surface area (Å²) in [5.74, 6) is 0.0118. The number of halogens is 1. The van der Waals surface area contributed by atoms with Crippen molar-refractivity contribution in [3.8, 4) is 0 Å². The van der Waals surface area contributed by atoms with E-state index in [1.54, 1.807) is 6.92 Å². The molecular weight excluding hydrogens is 344 g/mol. The minimum Gasteiger partial charge on any atom is -0.339 e. The zero-order chi connectivity index (χ0) is 16.1. The second kappa shape index (κ2) is 7.77. The van der Waals surface area contributed by atoms with Crippen molar-refractivity contribution in [2.24, 2.45) is 0 Å². The van der Waals surface area contributed by atoms with Gasteiger partial charge in [0, 0.05) is 36.1 Å². The van der Waals surface area contributed by atoms with Crippen LogP contribution in [0, 0.1) is 6.92 Å². The molecule has 0 radical (unpaired) electrons. The van der Waals surface area contributed by atoms with E-state index in [0.717, 1.165) is 28.6 Å². The maximum atomic E-state index is 12.1. The van der Waals surface area contributed by atoms with Gasteiger partial charge in [-0.05, 0) is 37.5 Å². The molecule has 1 aliphatic carbocycles. The van der Waals surface area contributed by atoms with E-state index >= 15 is 0 Å². The van der Waals surface area contributed by atoms with Gasteiger partial charge in [0.05, 0.1) is 0 Å². The molecule has 1 saturated carbocycles. The lowest BCUT2D eigenvalue weighted by Crippen LogP contribution is -2.39. The highest BCUT2D eigenvalue weighted by atomic mass is 79.9. The average Bonchev–Trinajstić information content (AvgIpc) is 2.97. The maximum Gasteiger partial charge on any atom is 0.226 e. The average molecular weight is 367 g/mol. The Hall–Kier alpha value is -1.36. The summed E-state index contributed by atoms with van der Waals surface area (Å²) in [6.07, 6.45) is 4.82. The topological polar surface area (TPSA) is 49.4 Å². The normalized spacial score (nSPS) is 14.9. The van der Waals surface area contributed by atoms with Crippen molar-refractivity contribution in [2.75, 3.05) is 11.9 Å². The Bertz CT molecular complexity index is 554. The number of hydrogen-bond acceptors (Lipinski definition) is 2. The van der Waals surface area contributed by atoms with E-state index in [1.807, 2.05) is 30.0 Å². The van der Waals surface area contributed by atoms with Crippen LogP contribution in [-0.4, -0.2) is 29.3 Å². The largest absolute Gasteiger partial charge is 0.339 e. The summed E-state index contributed by atoms with van der Waals surface area (Å²) in [4.78, 5) is 25.7. The Kier molecular flexibility index (Phi) is 6.00. The maximum absolute atomic E-state index is 12.1. The van der Waals surface area contributed by atoms with Crippen LogP contribution in [0.3, 0.4) is 0 Å². The summed E-state index contributed by atoms with van der Waals surface area (Å²) in [5.41, 5.74) is 1.90. The first-order valence-electron chi connectivity index (χ1n) is 7.80. The number of carbonyl (C=O) groups excluding carboxylic acids is 2. The number of benzene rings is 1. The van der Waals surface area contributed by atoms with E-state index in [2.05, 4.69) is 21.2 Å². The molecule has 2 rings (SSSR count). The predicted octanol–water partition coefficient (Wildman–Crippen LogP) is 3.88. The van der Waals surface area contributed by atoms with E-state index in [-0.39, 0.29) is 11.8 Å². The van der Waals surface area contributed by atoms with Gasteiger partial charge in [0.1, 0.15) is 0 Å². The van der Waals surface area contributed by atoms with Crippen LogP contribution in [0.5, 0.6) is 0 Å². The summed E-state index contributed by atoms with van der Waals surface area (Å²) in [5, 5.41) is 2.89. The van der Waals surface area contributed by atoms with Gasteiger partial charge in [-0.25, -0.2) is 0 Å². The van der Waals surface area contributed by atoms with Gasteiger partial charge in [0.25, 0.3) is 0 Å². The van der Waals surface area contributed by atoms with Crippen LogP contribution < -0.4 is 5.32 Å². The lowest BCUT2D eigenvalue weighted by molar-refractivity contribution is -0.131. The fourth-order valence-corrected chi connectivity index (χ4v) is 3.31. The van der Waals surface area contributed by atoms with Crippen molar-refractivity contribution >= 4 is 33.4 Å². The molecule has 0 aliphatic heterocycles. The standard InChI is InChI=1S/C17H23BrN2O2/c1-12-7-8-14(11-16(12)18)19-17(22)9-10-20(13(2)21)15-5-3-4-6-15/h7-8,11,15H,3-6,9-10H2,1-2H3,(H,19,22). The third kappa shape index (κ3) is 4.57. The van der Waals surface area contributed by atoms with Crippen LogP contribution in [0.25, 0.3) is 0 Å². The van der Waals surface area contributed by atoms with Crippen molar-refractivity contribution in [1.29, 1.82) is 0 Å². The third-order valence-corrected chi connectivity index (χ3v) is 5.06. The Morgan fingerprint density at radius 3 is 2.59 bits per heavy atom. The van der Waals surface area contributed by atoms with Crippen LogP contribution in [0.1, 0.15) is 44.6 Å². The summed E-state index contributed by atoms with van der Waals surface area (Å²) >= 11 is 3.46. The number of carbonyl (C=O) groups is 2. The van der Waals surface area contributed by atoms with Gasteiger partial charge in [-0.15, -0.1) is 0 Å². The molecule has 120 valence electrons. The van der Waals surface area contributed by atoms with Crippen molar-refractivity contribution in [3.63, 3.8) is 0 Å². The quantitative estimate of drug-likeness (QED) is 0.859. The van der Waals surface area contributed by atoms with Gasteiger partial charge in [0.15, 0.2) is 0 Å². The smallest absolute Gasteiger partial charge is 0.226 e. The molecule has 1 aliphatic rings. The van der Waals surface area contributed by atoms with E-state index in [4.69, 9.17) is 0 Å². The number of aryl methyl sites for hydroxylation is 1. The highest BCUT2D eigenvalue weighted by Gasteiger charge is 2.24. The lowest BCUT2D eigenvalue weighted by Gasteiger charge is -2.27. The molecule has 1 aromatic rings. The first-order chi connectivity index (χ1) is 10.5. The van der Waals surface area contributed by atoms with Gasteiger partial charge in [0.2, 0.25) is 11.8 Å². The monoisotopic (exact) mass is 366 g/mol. The van der Waals surface area contributed by atoms with Gasteiger partial charge < -0.3 is 10.2 Å². The third-order valence-electron chi connectivity index (χ3n) is 4.21. The highest BCUT2D eigenvalue weighted by Crippen LogP contribution is 2.24. The molecule has 0 aromatic heterocycles. The first kappa shape index (κ1) is 17.0. The van der Waals surface area contributed by atoms with Crippen molar-refractivity contribution in [1.82, 2.24) is 4.90 Å². The number of amides is 2. The fraction of sp³-hybridized carbons (Fsp3) is 0.529. The van der Waals surface area contributed by atoms with Crippen molar-refractivity contribution in [2.45, 2.75) is 52.0 Å². The Morgan fingerprint density at radius 2 is 2.00 bits per heavy atom. The van der Waals surface area contributed by atoms with Crippen molar-refractivity contribution < 1.29 is 9.59 Å². The predicted molar refractivity (Wildman–Crippen MR) is 91.8 cm³/mol. The van der Waals surface area contributed by atoms with Crippen LogP contribution >= 0.6 is 15.9 Å². The molecule has 1 N–H and O–H groups in total. The zero-order valence-electron chi connectivity index (χ0n) is 13.2. The Balaban J connectivity index is 1.87. The molecule has 0 heterocycles. The summed E-state index contributed by atoms with van der Waals surface area (Å²) in [6, 6.07) is 6.06. The highest BCUT2D eigenvalue weighted by molar-refractivity contribution is 9.10. The molecule has 0 unspecified atom stereocenters. The second-order valence-corrected chi connectivity index (χ2v) is 6.77. The Morgan fingerprint density at radius 1 is 1.32 bits per heavy atom. The number of hydrogen-bond donors (Lipinski definition) is 1. The van der Waals surface area contributed by atoms with E-state index in [9.17, 15) is 9.59 Å². The molecule has 0 spiro atoms. The van der Waals surface area contributed by atoms with E-state index < -0.39 is 0 Å². The first-order valence-corrected chi connectivity index (χ1v) is 8.60. The molecule has 0 saturated heterocycles. The van der Waals surface area contributed by atoms with Crippen LogP contribution in [-0.2, 0) is 9.59 Å². The van der Waals surface area contributed by atoms with Crippen LogP contribution in [0.15, 0.2) is 22.7 Å². The molecular formula is C17H23BrN2O2. The molecule has 1 fully saturated rings. The summed E-state index contributed by atoms with van der Waals surface area (Å²) in [6.45, 7) is 4.09. The second-order valence-electron chi connectivity index (χ2n) is 5.91. The molecule has 2 amide bonds. The Labute approximate surface area is 140 Å². The summed E-state index contributed by atoms with van der Waals surface area (Å²) < 4.78 is 0.974. The molecule has 22 heavy (non-hydrogen) atoms. The molecule has 5 heteroatoms. The minimum absolute atomic E-state index is 0.0556. The minimum atomic E-state index is -0.0556. The van der Waals surface area contributed by atoms with E-state index in [0.29, 0.717) is 19.0 Å². The molecule has 0 atom stereocenters. The molecule has 1 aromatic carbocycles. The molecule has 0 bridgehead atoms. The zero-order valence-corrected chi connectivity index (χ0v) is 14.8.